The molecule has 3 rings (SSSR count). The van der Waals surface area contributed by atoms with Gasteiger partial charge in [-0.1, -0.05) is 6.07 Å². The lowest BCUT2D eigenvalue weighted by atomic mass is 10.1. The lowest BCUT2D eigenvalue weighted by Crippen LogP contribution is -2.07. The van der Waals surface area contributed by atoms with Gasteiger partial charge in [-0.3, -0.25) is 4.40 Å². The second kappa shape index (κ2) is 3.87. The van der Waals surface area contributed by atoms with Gasteiger partial charge in [-0.2, -0.15) is 0 Å². The number of hydrogen-bond acceptors (Lipinski definition) is 3. The first-order chi connectivity index (χ1) is 7.84. The number of hydrogen-bond donors (Lipinski definition) is 0. The van der Waals surface area contributed by atoms with Gasteiger partial charge >= 0.3 is 0 Å². The SMILES string of the molecule is Cc1cccn2c(CC3CCOC3)nnc12. The third-order valence-electron chi connectivity index (χ3n) is 3.20. The van der Waals surface area contributed by atoms with Gasteiger partial charge in [-0.25, -0.2) is 0 Å². The molecule has 84 valence electrons. The maximum Gasteiger partial charge on any atom is 0.163 e. The zero-order valence-corrected chi connectivity index (χ0v) is 9.39. The number of ether oxygens (including phenoxy) is 1. The fraction of sp³-hybridized carbons (Fsp3) is 0.500. The molecule has 0 saturated carbocycles. The van der Waals surface area contributed by atoms with Crippen LogP contribution in [0.25, 0.3) is 5.65 Å². The molecule has 3 heterocycles. The average Bonchev–Trinajstić information content (AvgIpc) is 2.90. The van der Waals surface area contributed by atoms with Crippen LogP contribution in [-0.4, -0.2) is 27.8 Å². The van der Waals surface area contributed by atoms with E-state index in [-0.39, 0.29) is 0 Å². The number of pyridine rings is 1. The molecule has 4 nitrogen and oxygen atoms in total. The number of fused-ring (bicyclic) bond motifs is 1. The summed E-state index contributed by atoms with van der Waals surface area (Å²) in [6.07, 6.45) is 4.14. The molecule has 0 aromatic carbocycles. The Balaban J connectivity index is 1.94. The summed E-state index contributed by atoms with van der Waals surface area (Å²) < 4.78 is 7.48. The van der Waals surface area contributed by atoms with Gasteiger partial charge in [-0.15, -0.1) is 10.2 Å². The quantitative estimate of drug-likeness (QED) is 0.767. The van der Waals surface area contributed by atoms with Crippen molar-refractivity contribution in [3.63, 3.8) is 0 Å². The van der Waals surface area contributed by atoms with Crippen molar-refractivity contribution in [1.82, 2.24) is 14.6 Å². The van der Waals surface area contributed by atoms with E-state index in [1.54, 1.807) is 0 Å². The summed E-state index contributed by atoms with van der Waals surface area (Å²) in [5, 5.41) is 8.51. The molecule has 0 aliphatic carbocycles. The lowest BCUT2D eigenvalue weighted by Gasteiger charge is -2.05. The molecule has 4 heteroatoms. The highest BCUT2D eigenvalue weighted by Gasteiger charge is 2.19. The van der Waals surface area contributed by atoms with Crippen LogP contribution in [0.5, 0.6) is 0 Å². The number of rotatable bonds is 2. The average molecular weight is 217 g/mol. The van der Waals surface area contributed by atoms with Crippen molar-refractivity contribution in [2.45, 2.75) is 19.8 Å². The summed E-state index contributed by atoms with van der Waals surface area (Å²) in [6, 6.07) is 4.10. The van der Waals surface area contributed by atoms with E-state index >= 15 is 0 Å². The van der Waals surface area contributed by atoms with E-state index in [1.165, 1.54) is 5.56 Å². The Morgan fingerprint density at radius 1 is 1.50 bits per heavy atom. The minimum Gasteiger partial charge on any atom is -0.381 e. The van der Waals surface area contributed by atoms with Gasteiger partial charge in [0.2, 0.25) is 0 Å². The first kappa shape index (κ1) is 9.78. The van der Waals surface area contributed by atoms with E-state index in [2.05, 4.69) is 27.6 Å². The van der Waals surface area contributed by atoms with Crippen LogP contribution in [0, 0.1) is 12.8 Å². The van der Waals surface area contributed by atoms with Gasteiger partial charge in [0.15, 0.2) is 5.65 Å². The van der Waals surface area contributed by atoms with E-state index in [0.717, 1.165) is 37.5 Å². The number of nitrogens with zero attached hydrogens (tertiary/aromatic N) is 3. The zero-order chi connectivity index (χ0) is 11.0. The van der Waals surface area contributed by atoms with Crippen LogP contribution >= 0.6 is 0 Å². The molecular weight excluding hydrogens is 202 g/mol. The van der Waals surface area contributed by atoms with Gasteiger partial charge < -0.3 is 4.74 Å². The van der Waals surface area contributed by atoms with Crippen molar-refractivity contribution >= 4 is 5.65 Å². The highest BCUT2D eigenvalue weighted by atomic mass is 16.5. The predicted octanol–water partition coefficient (Wildman–Crippen LogP) is 1.62. The molecule has 0 amide bonds. The smallest absolute Gasteiger partial charge is 0.163 e. The topological polar surface area (TPSA) is 39.4 Å². The van der Waals surface area contributed by atoms with E-state index in [9.17, 15) is 0 Å². The van der Waals surface area contributed by atoms with Gasteiger partial charge in [0.05, 0.1) is 0 Å². The first-order valence-corrected chi connectivity index (χ1v) is 5.71. The molecule has 1 saturated heterocycles. The van der Waals surface area contributed by atoms with E-state index in [4.69, 9.17) is 4.74 Å². The van der Waals surface area contributed by atoms with Crippen LogP contribution in [0.2, 0.25) is 0 Å². The molecule has 1 atom stereocenters. The fourth-order valence-corrected chi connectivity index (χ4v) is 2.24. The van der Waals surface area contributed by atoms with Crippen molar-refractivity contribution in [2.24, 2.45) is 5.92 Å². The Hall–Kier alpha value is -1.42. The maximum atomic E-state index is 5.38. The van der Waals surface area contributed by atoms with Crippen LogP contribution in [0.15, 0.2) is 18.3 Å². The van der Waals surface area contributed by atoms with Gasteiger partial charge in [0, 0.05) is 25.8 Å². The molecular formula is C12H15N3O. The minimum absolute atomic E-state index is 0.605. The second-order valence-electron chi connectivity index (χ2n) is 4.43. The first-order valence-electron chi connectivity index (χ1n) is 5.71. The van der Waals surface area contributed by atoms with Gasteiger partial charge in [0.1, 0.15) is 5.82 Å². The maximum absolute atomic E-state index is 5.38. The van der Waals surface area contributed by atoms with Gasteiger partial charge in [-0.05, 0) is 30.9 Å². The largest absolute Gasteiger partial charge is 0.381 e. The number of aryl methyl sites for hydroxylation is 1. The Kier molecular flexibility index (Phi) is 2.36. The highest BCUT2D eigenvalue weighted by molar-refractivity contribution is 5.46. The van der Waals surface area contributed by atoms with E-state index in [1.807, 2.05) is 12.3 Å². The number of aromatic nitrogens is 3. The molecule has 1 fully saturated rings. The summed E-state index contributed by atoms with van der Waals surface area (Å²) in [5.41, 5.74) is 2.14. The minimum atomic E-state index is 0.605. The van der Waals surface area contributed by atoms with E-state index < -0.39 is 0 Å². The van der Waals surface area contributed by atoms with E-state index in [0.29, 0.717) is 5.92 Å². The fourth-order valence-electron chi connectivity index (χ4n) is 2.24. The van der Waals surface area contributed by atoms with Crippen LogP contribution in [0.3, 0.4) is 0 Å². The normalized spacial score (nSPS) is 20.7. The summed E-state index contributed by atoms with van der Waals surface area (Å²) in [5.74, 6) is 1.65. The van der Waals surface area contributed by atoms with Crippen molar-refractivity contribution in [2.75, 3.05) is 13.2 Å². The monoisotopic (exact) mass is 217 g/mol. The van der Waals surface area contributed by atoms with Crippen molar-refractivity contribution < 1.29 is 4.74 Å². The summed E-state index contributed by atoms with van der Waals surface area (Å²) >= 11 is 0. The Labute approximate surface area is 94.3 Å². The van der Waals surface area contributed by atoms with Crippen LogP contribution in [0.4, 0.5) is 0 Å². The van der Waals surface area contributed by atoms with Crippen LogP contribution in [0.1, 0.15) is 17.8 Å². The lowest BCUT2D eigenvalue weighted by molar-refractivity contribution is 0.185. The second-order valence-corrected chi connectivity index (χ2v) is 4.43. The molecule has 16 heavy (non-hydrogen) atoms. The highest BCUT2D eigenvalue weighted by Crippen LogP contribution is 2.18. The molecule has 0 bridgehead atoms. The summed E-state index contributed by atoms with van der Waals surface area (Å²) in [6.45, 7) is 3.81. The molecule has 0 radical (unpaired) electrons. The predicted molar refractivity (Wildman–Crippen MR) is 60.4 cm³/mol. The summed E-state index contributed by atoms with van der Waals surface area (Å²) in [7, 11) is 0. The molecule has 2 aromatic heterocycles. The zero-order valence-electron chi connectivity index (χ0n) is 9.39. The van der Waals surface area contributed by atoms with Crippen molar-refractivity contribution in [3.8, 4) is 0 Å². The third kappa shape index (κ3) is 1.59. The van der Waals surface area contributed by atoms with Gasteiger partial charge in [0.25, 0.3) is 0 Å². The Morgan fingerprint density at radius 3 is 3.25 bits per heavy atom. The molecule has 1 aliphatic heterocycles. The molecule has 0 N–H and O–H groups in total. The standard InChI is InChI=1S/C12H15N3O/c1-9-3-2-5-15-11(13-14-12(9)15)7-10-4-6-16-8-10/h2-3,5,10H,4,6-8H2,1H3. The van der Waals surface area contributed by atoms with Crippen molar-refractivity contribution in [3.05, 3.63) is 29.7 Å². The molecule has 0 spiro atoms. The molecule has 2 aromatic rings. The van der Waals surface area contributed by atoms with Crippen molar-refractivity contribution in [1.29, 1.82) is 0 Å². The summed E-state index contributed by atoms with van der Waals surface area (Å²) in [4.78, 5) is 0. The third-order valence-corrected chi connectivity index (χ3v) is 3.20. The Bertz CT molecular complexity index is 500. The molecule has 1 aliphatic rings. The van der Waals surface area contributed by atoms with Crippen LogP contribution < -0.4 is 0 Å². The molecule has 1 unspecified atom stereocenters. The Morgan fingerprint density at radius 2 is 2.44 bits per heavy atom. The van der Waals surface area contributed by atoms with Crippen LogP contribution in [-0.2, 0) is 11.2 Å².